The van der Waals surface area contributed by atoms with Gasteiger partial charge in [0.2, 0.25) is 0 Å². The summed E-state index contributed by atoms with van der Waals surface area (Å²) >= 11 is 0. The van der Waals surface area contributed by atoms with Crippen LogP contribution in [0.15, 0.2) is 54.9 Å². The summed E-state index contributed by atoms with van der Waals surface area (Å²) in [5, 5.41) is 12.7. The molecule has 27 heavy (non-hydrogen) atoms. The van der Waals surface area contributed by atoms with Gasteiger partial charge >= 0.3 is 0 Å². The quantitative estimate of drug-likeness (QED) is 0.664. The average Bonchev–Trinajstić information content (AvgIpc) is 3.18. The molecule has 1 aliphatic rings. The highest BCUT2D eigenvalue weighted by Gasteiger charge is 2.29. The molecule has 0 N–H and O–H groups in total. The molecule has 3 heterocycles. The lowest BCUT2D eigenvalue weighted by atomic mass is 10.1. The summed E-state index contributed by atoms with van der Waals surface area (Å²) in [4.78, 5) is 9.15. The molecule has 1 saturated heterocycles. The maximum atomic E-state index is 4.42. The minimum Gasteiger partial charge on any atom is -0.304 e. The monoisotopic (exact) mass is 363 g/mol. The number of pyridine rings is 1. The normalized spacial score (nSPS) is 17.1. The van der Waals surface area contributed by atoms with E-state index in [4.69, 9.17) is 0 Å². The first kappa shape index (κ1) is 17.8. The Morgan fingerprint density at radius 1 is 1.00 bits per heavy atom. The number of aryl methyl sites for hydroxylation is 2. The van der Waals surface area contributed by atoms with Crippen LogP contribution in [0.5, 0.6) is 0 Å². The molecular weight excluding hydrogens is 338 g/mol. The first-order valence-corrected chi connectivity index (χ1v) is 9.44. The van der Waals surface area contributed by atoms with E-state index >= 15 is 0 Å². The SMILES string of the molecule is CN1CCN(C(c2cccnc2)c2nnnn2CCc2ccccc2)CC1. The predicted octanol–water partition coefficient (Wildman–Crippen LogP) is 1.65. The largest absolute Gasteiger partial charge is 0.304 e. The molecule has 0 radical (unpaired) electrons. The number of likely N-dealkylation sites (N-methyl/N-ethyl adjacent to an activating group) is 1. The van der Waals surface area contributed by atoms with Gasteiger partial charge in [0, 0.05) is 45.1 Å². The third kappa shape index (κ3) is 4.20. The Morgan fingerprint density at radius 2 is 1.81 bits per heavy atom. The molecule has 1 unspecified atom stereocenters. The summed E-state index contributed by atoms with van der Waals surface area (Å²) < 4.78 is 1.95. The number of piperazine rings is 1. The summed E-state index contributed by atoms with van der Waals surface area (Å²) in [7, 11) is 2.17. The smallest absolute Gasteiger partial charge is 0.173 e. The van der Waals surface area contributed by atoms with E-state index in [2.05, 4.69) is 67.7 Å². The Balaban J connectivity index is 1.60. The second kappa shape index (κ2) is 8.37. The van der Waals surface area contributed by atoms with E-state index in [1.165, 1.54) is 5.56 Å². The molecule has 1 aromatic carbocycles. The molecule has 0 bridgehead atoms. The Hall–Kier alpha value is -2.64. The molecule has 7 nitrogen and oxygen atoms in total. The molecule has 1 aliphatic heterocycles. The van der Waals surface area contributed by atoms with Gasteiger partial charge in [-0.25, -0.2) is 4.68 Å². The van der Waals surface area contributed by atoms with Gasteiger partial charge < -0.3 is 4.90 Å². The lowest BCUT2D eigenvalue weighted by molar-refractivity contribution is 0.121. The molecule has 0 amide bonds. The van der Waals surface area contributed by atoms with Crippen LogP contribution in [0.3, 0.4) is 0 Å². The molecule has 1 atom stereocenters. The highest BCUT2D eigenvalue weighted by molar-refractivity contribution is 5.22. The van der Waals surface area contributed by atoms with E-state index in [1.807, 2.05) is 29.2 Å². The van der Waals surface area contributed by atoms with Crippen LogP contribution in [0.4, 0.5) is 0 Å². The molecular formula is C20H25N7. The van der Waals surface area contributed by atoms with Gasteiger partial charge in [-0.05, 0) is 41.1 Å². The fourth-order valence-electron chi connectivity index (χ4n) is 3.59. The van der Waals surface area contributed by atoms with Crippen LogP contribution in [0.1, 0.15) is 23.0 Å². The number of tetrazole rings is 1. The van der Waals surface area contributed by atoms with Crippen molar-refractivity contribution in [3.8, 4) is 0 Å². The number of hydrogen-bond donors (Lipinski definition) is 0. The third-order valence-corrected chi connectivity index (χ3v) is 5.16. The zero-order valence-electron chi connectivity index (χ0n) is 15.6. The van der Waals surface area contributed by atoms with E-state index in [0.717, 1.165) is 50.5 Å². The minimum atomic E-state index is 0.0261. The van der Waals surface area contributed by atoms with E-state index in [9.17, 15) is 0 Å². The number of benzene rings is 1. The molecule has 2 aromatic heterocycles. The maximum Gasteiger partial charge on any atom is 0.173 e. The number of nitrogens with zero attached hydrogens (tertiary/aromatic N) is 7. The molecule has 7 heteroatoms. The van der Waals surface area contributed by atoms with Crippen LogP contribution in [-0.4, -0.2) is 68.2 Å². The van der Waals surface area contributed by atoms with Crippen molar-refractivity contribution >= 4 is 0 Å². The van der Waals surface area contributed by atoms with Crippen LogP contribution < -0.4 is 0 Å². The number of hydrogen-bond acceptors (Lipinski definition) is 6. The second-order valence-electron chi connectivity index (χ2n) is 7.02. The Kier molecular flexibility index (Phi) is 5.50. The molecule has 1 fully saturated rings. The summed E-state index contributed by atoms with van der Waals surface area (Å²) in [5.74, 6) is 0.892. The lowest BCUT2D eigenvalue weighted by Gasteiger charge is -2.37. The van der Waals surface area contributed by atoms with Gasteiger partial charge in [0.05, 0.1) is 6.04 Å². The average molecular weight is 363 g/mol. The van der Waals surface area contributed by atoms with Crippen LogP contribution in [0, 0.1) is 0 Å². The maximum absolute atomic E-state index is 4.42. The standard InChI is InChI=1S/C20H25N7/c1-25-12-14-26(15-13-25)19(18-8-5-10-21-16-18)20-22-23-24-27(20)11-9-17-6-3-2-4-7-17/h2-8,10,16,19H,9,11-15H2,1H3. The first-order valence-electron chi connectivity index (χ1n) is 9.44. The van der Waals surface area contributed by atoms with Crippen molar-refractivity contribution in [3.63, 3.8) is 0 Å². The van der Waals surface area contributed by atoms with Gasteiger partial charge in [0.25, 0.3) is 0 Å². The Labute approximate surface area is 159 Å². The minimum absolute atomic E-state index is 0.0261. The molecule has 0 saturated carbocycles. The van der Waals surface area contributed by atoms with Gasteiger partial charge in [0.1, 0.15) is 0 Å². The number of aromatic nitrogens is 5. The van der Waals surface area contributed by atoms with Crippen LogP contribution in [-0.2, 0) is 13.0 Å². The molecule has 0 aliphatic carbocycles. The highest BCUT2D eigenvalue weighted by Crippen LogP contribution is 2.27. The zero-order valence-corrected chi connectivity index (χ0v) is 15.6. The predicted molar refractivity (Wildman–Crippen MR) is 103 cm³/mol. The number of rotatable bonds is 6. The zero-order chi connectivity index (χ0) is 18.5. The van der Waals surface area contributed by atoms with Crippen molar-refractivity contribution in [1.29, 1.82) is 0 Å². The summed E-state index contributed by atoms with van der Waals surface area (Å²) in [6.45, 7) is 4.82. The lowest BCUT2D eigenvalue weighted by Crippen LogP contribution is -2.46. The van der Waals surface area contributed by atoms with Gasteiger partial charge in [-0.15, -0.1) is 5.10 Å². The Morgan fingerprint density at radius 3 is 2.56 bits per heavy atom. The van der Waals surface area contributed by atoms with Gasteiger partial charge in [-0.1, -0.05) is 36.4 Å². The van der Waals surface area contributed by atoms with Crippen molar-refractivity contribution in [2.75, 3.05) is 33.2 Å². The van der Waals surface area contributed by atoms with Gasteiger partial charge in [0.15, 0.2) is 5.82 Å². The summed E-state index contributed by atoms with van der Waals surface area (Å²) in [6, 6.07) is 14.6. The van der Waals surface area contributed by atoms with Crippen LogP contribution in [0.25, 0.3) is 0 Å². The van der Waals surface area contributed by atoms with Crippen molar-refractivity contribution < 1.29 is 0 Å². The van der Waals surface area contributed by atoms with Gasteiger partial charge in [-0.2, -0.15) is 0 Å². The Bertz CT molecular complexity index is 826. The van der Waals surface area contributed by atoms with Crippen molar-refractivity contribution in [2.24, 2.45) is 0 Å². The molecule has 3 aromatic rings. The molecule has 4 rings (SSSR count). The summed E-state index contributed by atoms with van der Waals surface area (Å²) in [5.41, 5.74) is 2.43. The van der Waals surface area contributed by atoms with Gasteiger partial charge in [-0.3, -0.25) is 9.88 Å². The van der Waals surface area contributed by atoms with Crippen molar-refractivity contribution in [2.45, 2.75) is 19.0 Å². The first-order chi connectivity index (χ1) is 13.3. The van der Waals surface area contributed by atoms with Crippen LogP contribution in [0.2, 0.25) is 0 Å². The van der Waals surface area contributed by atoms with E-state index in [0.29, 0.717) is 0 Å². The summed E-state index contributed by atoms with van der Waals surface area (Å²) in [6.07, 6.45) is 4.64. The topological polar surface area (TPSA) is 63.0 Å². The second-order valence-corrected chi connectivity index (χ2v) is 7.02. The van der Waals surface area contributed by atoms with Crippen molar-refractivity contribution in [1.82, 2.24) is 35.0 Å². The van der Waals surface area contributed by atoms with E-state index in [-0.39, 0.29) is 6.04 Å². The van der Waals surface area contributed by atoms with E-state index in [1.54, 1.807) is 0 Å². The van der Waals surface area contributed by atoms with Crippen LogP contribution >= 0.6 is 0 Å². The fraction of sp³-hybridized carbons (Fsp3) is 0.400. The third-order valence-electron chi connectivity index (χ3n) is 5.16. The highest BCUT2D eigenvalue weighted by atomic mass is 15.6. The molecule has 0 spiro atoms. The van der Waals surface area contributed by atoms with Crippen molar-refractivity contribution in [3.05, 3.63) is 71.8 Å². The fourth-order valence-corrected chi connectivity index (χ4v) is 3.59. The van der Waals surface area contributed by atoms with E-state index < -0.39 is 0 Å². The molecule has 140 valence electrons.